The SMILES string of the molecule is COCCCN(Cc1nc(C(=O)OC)co1)C(=O)Nc1ccc(OC)cc1OC. The van der Waals surface area contributed by atoms with Gasteiger partial charge in [-0.15, -0.1) is 0 Å². The summed E-state index contributed by atoms with van der Waals surface area (Å²) in [6.45, 7) is 0.924. The summed E-state index contributed by atoms with van der Waals surface area (Å²) in [7, 11) is 5.89. The van der Waals surface area contributed by atoms with Crippen molar-refractivity contribution in [2.45, 2.75) is 13.0 Å². The second kappa shape index (κ2) is 10.9. The third-order valence-corrected chi connectivity index (χ3v) is 3.99. The maximum Gasteiger partial charge on any atom is 0.360 e. The number of aromatic nitrogens is 1. The molecule has 0 aliphatic heterocycles. The Bertz CT molecular complexity index is 822. The van der Waals surface area contributed by atoms with Gasteiger partial charge in [-0.25, -0.2) is 14.6 Å². The van der Waals surface area contributed by atoms with Gasteiger partial charge in [0.05, 0.1) is 33.6 Å². The largest absolute Gasteiger partial charge is 0.497 e. The highest BCUT2D eigenvalue weighted by Gasteiger charge is 2.20. The molecule has 2 aromatic rings. The summed E-state index contributed by atoms with van der Waals surface area (Å²) in [4.78, 5) is 30.0. The van der Waals surface area contributed by atoms with Gasteiger partial charge in [0.15, 0.2) is 5.69 Å². The van der Waals surface area contributed by atoms with Crippen molar-refractivity contribution in [3.05, 3.63) is 36.0 Å². The number of urea groups is 1. The summed E-state index contributed by atoms with van der Waals surface area (Å²) in [5, 5.41) is 2.81. The first kappa shape index (κ1) is 22.0. The number of ether oxygens (including phenoxy) is 4. The fraction of sp³-hybridized carbons (Fsp3) is 0.421. The lowest BCUT2D eigenvalue weighted by Crippen LogP contribution is -2.36. The number of amides is 2. The second-order valence-corrected chi connectivity index (χ2v) is 5.88. The fourth-order valence-corrected chi connectivity index (χ4v) is 2.49. The van der Waals surface area contributed by atoms with Crippen LogP contribution in [0.1, 0.15) is 22.8 Å². The Morgan fingerprint density at radius 3 is 2.62 bits per heavy atom. The number of hydrogen-bond acceptors (Lipinski definition) is 8. The maximum absolute atomic E-state index is 12.9. The number of nitrogens with zero attached hydrogens (tertiary/aromatic N) is 2. The topological polar surface area (TPSA) is 112 Å². The minimum atomic E-state index is -0.613. The van der Waals surface area contributed by atoms with Crippen LogP contribution in [0.5, 0.6) is 11.5 Å². The molecular weight excluding hydrogens is 382 g/mol. The van der Waals surface area contributed by atoms with Gasteiger partial charge < -0.3 is 33.6 Å². The molecule has 0 bridgehead atoms. The van der Waals surface area contributed by atoms with E-state index in [-0.39, 0.29) is 24.2 Å². The predicted octanol–water partition coefficient (Wildman–Crippen LogP) is 2.55. The number of esters is 1. The minimum absolute atomic E-state index is 0.0385. The van der Waals surface area contributed by atoms with Crippen LogP contribution >= 0.6 is 0 Å². The molecule has 0 aliphatic carbocycles. The van der Waals surface area contributed by atoms with E-state index in [0.717, 1.165) is 0 Å². The monoisotopic (exact) mass is 407 g/mol. The van der Waals surface area contributed by atoms with Crippen LogP contribution in [0.4, 0.5) is 10.5 Å². The van der Waals surface area contributed by atoms with E-state index in [1.807, 2.05) is 0 Å². The molecule has 0 spiro atoms. The van der Waals surface area contributed by atoms with Crippen molar-refractivity contribution in [1.82, 2.24) is 9.88 Å². The molecule has 2 amide bonds. The predicted molar refractivity (Wildman–Crippen MR) is 103 cm³/mol. The van der Waals surface area contributed by atoms with E-state index in [1.54, 1.807) is 32.4 Å². The quantitative estimate of drug-likeness (QED) is 0.472. The van der Waals surface area contributed by atoms with Crippen LogP contribution in [0.15, 0.2) is 28.9 Å². The molecule has 0 atom stereocenters. The molecule has 0 unspecified atom stereocenters. The normalized spacial score (nSPS) is 10.3. The Morgan fingerprint density at radius 2 is 1.97 bits per heavy atom. The van der Waals surface area contributed by atoms with Crippen LogP contribution < -0.4 is 14.8 Å². The molecule has 1 heterocycles. The van der Waals surface area contributed by atoms with E-state index >= 15 is 0 Å². The van der Waals surface area contributed by atoms with Gasteiger partial charge in [0, 0.05) is 26.3 Å². The first-order valence-corrected chi connectivity index (χ1v) is 8.82. The second-order valence-electron chi connectivity index (χ2n) is 5.88. The number of benzene rings is 1. The molecule has 158 valence electrons. The molecule has 1 aromatic carbocycles. The molecule has 0 saturated heterocycles. The number of anilines is 1. The Balaban J connectivity index is 2.15. The van der Waals surface area contributed by atoms with Crippen LogP contribution in [0.2, 0.25) is 0 Å². The Labute approximate surface area is 168 Å². The van der Waals surface area contributed by atoms with Gasteiger partial charge in [-0.1, -0.05) is 0 Å². The summed E-state index contributed by atoms with van der Waals surface area (Å²) in [6, 6.07) is 4.68. The fourth-order valence-electron chi connectivity index (χ4n) is 2.49. The molecule has 0 aliphatic rings. The highest BCUT2D eigenvalue weighted by molar-refractivity contribution is 5.91. The summed E-state index contributed by atoms with van der Waals surface area (Å²) >= 11 is 0. The van der Waals surface area contributed by atoms with Gasteiger partial charge in [0.25, 0.3) is 0 Å². The zero-order valence-corrected chi connectivity index (χ0v) is 16.9. The molecular formula is C19H25N3O7. The van der Waals surface area contributed by atoms with E-state index in [2.05, 4.69) is 15.0 Å². The molecule has 1 N–H and O–H groups in total. The number of carbonyl (C=O) groups excluding carboxylic acids is 2. The summed E-state index contributed by atoms with van der Waals surface area (Å²) < 4.78 is 25.4. The van der Waals surface area contributed by atoms with Crippen molar-refractivity contribution < 1.29 is 33.0 Å². The van der Waals surface area contributed by atoms with Crippen LogP contribution in [-0.4, -0.2) is 63.5 Å². The van der Waals surface area contributed by atoms with Gasteiger partial charge in [-0.2, -0.15) is 0 Å². The average molecular weight is 407 g/mol. The Morgan fingerprint density at radius 1 is 1.17 bits per heavy atom. The van der Waals surface area contributed by atoms with E-state index in [4.69, 9.17) is 18.6 Å². The van der Waals surface area contributed by atoms with E-state index in [1.165, 1.54) is 25.4 Å². The lowest BCUT2D eigenvalue weighted by Gasteiger charge is -2.22. The van der Waals surface area contributed by atoms with Crippen molar-refractivity contribution >= 4 is 17.7 Å². The van der Waals surface area contributed by atoms with Gasteiger partial charge in [0.1, 0.15) is 17.8 Å². The lowest BCUT2D eigenvalue weighted by molar-refractivity contribution is 0.0594. The van der Waals surface area contributed by atoms with Crippen molar-refractivity contribution in [3.63, 3.8) is 0 Å². The first-order valence-electron chi connectivity index (χ1n) is 8.82. The molecule has 0 radical (unpaired) electrons. The van der Waals surface area contributed by atoms with Gasteiger partial charge in [-0.05, 0) is 18.6 Å². The van der Waals surface area contributed by atoms with Crippen molar-refractivity contribution in [2.24, 2.45) is 0 Å². The molecule has 2 rings (SSSR count). The Kier molecular flexibility index (Phi) is 8.28. The third kappa shape index (κ3) is 6.11. The smallest absolute Gasteiger partial charge is 0.360 e. The van der Waals surface area contributed by atoms with Crippen molar-refractivity contribution in [1.29, 1.82) is 0 Å². The standard InChI is InChI=1S/C19H25N3O7/c1-25-9-5-8-22(11-17-20-15(12-29-17)18(23)28-4)19(24)21-14-7-6-13(26-2)10-16(14)27-3/h6-7,10,12H,5,8-9,11H2,1-4H3,(H,21,24). The maximum atomic E-state index is 12.9. The molecule has 10 nitrogen and oxygen atoms in total. The molecule has 10 heteroatoms. The summed E-state index contributed by atoms with van der Waals surface area (Å²) in [5.41, 5.74) is 0.522. The van der Waals surface area contributed by atoms with Crippen LogP contribution in [-0.2, 0) is 16.0 Å². The lowest BCUT2D eigenvalue weighted by atomic mass is 10.2. The zero-order valence-electron chi connectivity index (χ0n) is 16.9. The average Bonchev–Trinajstić information content (AvgIpc) is 3.21. The van der Waals surface area contributed by atoms with E-state index < -0.39 is 5.97 Å². The zero-order chi connectivity index (χ0) is 21.2. The van der Waals surface area contributed by atoms with Gasteiger partial charge in [0.2, 0.25) is 5.89 Å². The number of hydrogen-bond donors (Lipinski definition) is 1. The molecule has 1 aromatic heterocycles. The number of rotatable bonds is 10. The summed E-state index contributed by atoms with van der Waals surface area (Å²) in [5.74, 6) is 0.656. The van der Waals surface area contributed by atoms with Gasteiger partial charge in [-0.3, -0.25) is 0 Å². The third-order valence-electron chi connectivity index (χ3n) is 3.99. The Hall–Kier alpha value is -3.27. The highest BCUT2D eigenvalue weighted by Crippen LogP contribution is 2.29. The van der Waals surface area contributed by atoms with Crippen LogP contribution in [0.25, 0.3) is 0 Å². The molecule has 29 heavy (non-hydrogen) atoms. The van der Waals surface area contributed by atoms with E-state index in [9.17, 15) is 9.59 Å². The summed E-state index contributed by atoms with van der Waals surface area (Å²) in [6.07, 6.45) is 1.80. The molecule has 0 fully saturated rings. The molecule has 0 saturated carbocycles. The van der Waals surface area contributed by atoms with Gasteiger partial charge >= 0.3 is 12.0 Å². The van der Waals surface area contributed by atoms with Crippen molar-refractivity contribution in [3.8, 4) is 11.5 Å². The first-order chi connectivity index (χ1) is 14.0. The number of carbonyl (C=O) groups is 2. The number of nitrogens with one attached hydrogen (secondary N) is 1. The van der Waals surface area contributed by atoms with Crippen LogP contribution in [0.3, 0.4) is 0 Å². The highest BCUT2D eigenvalue weighted by atomic mass is 16.5. The minimum Gasteiger partial charge on any atom is -0.497 e. The number of methoxy groups -OCH3 is 4. The van der Waals surface area contributed by atoms with Crippen LogP contribution in [0, 0.1) is 0 Å². The van der Waals surface area contributed by atoms with Crippen molar-refractivity contribution in [2.75, 3.05) is 46.9 Å². The van der Waals surface area contributed by atoms with E-state index in [0.29, 0.717) is 36.8 Å². The number of oxazole rings is 1.